The Bertz CT molecular complexity index is 1060. The Morgan fingerprint density at radius 3 is 2.45 bits per heavy atom. The number of rotatable bonds is 5. The molecule has 0 saturated heterocycles. The Hall–Kier alpha value is -1.98. The van der Waals surface area contributed by atoms with E-state index < -0.39 is 0 Å². The van der Waals surface area contributed by atoms with Crippen molar-refractivity contribution in [2.75, 3.05) is 6.54 Å². The first-order valence-electron chi connectivity index (χ1n) is 10.9. The number of thiophene rings is 1. The van der Waals surface area contributed by atoms with E-state index in [2.05, 4.69) is 22.4 Å². The molecule has 0 spiro atoms. The van der Waals surface area contributed by atoms with Crippen LogP contribution in [0.25, 0.3) is 20.7 Å². The summed E-state index contributed by atoms with van der Waals surface area (Å²) in [6, 6.07) is 12.2. The van der Waals surface area contributed by atoms with Gasteiger partial charge in [0, 0.05) is 11.4 Å². The molecule has 4 aliphatic carbocycles. The predicted octanol–water partition coefficient (Wildman–Crippen LogP) is 4.96. The average Bonchev–Trinajstić information content (AvgIpc) is 3.12. The summed E-state index contributed by atoms with van der Waals surface area (Å²) in [7, 11) is 0. The van der Waals surface area contributed by atoms with Gasteiger partial charge in [0.2, 0.25) is 0 Å². The molecule has 4 fully saturated rings. The summed E-state index contributed by atoms with van der Waals surface area (Å²) in [6.07, 6.45) is 8.65. The van der Waals surface area contributed by atoms with Crippen LogP contribution in [0.2, 0.25) is 0 Å². The molecule has 4 bridgehead atoms. The number of hydrogen-bond donors (Lipinski definition) is 2. The molecule has 4 nitrogen and oxygen atoms in total. The van der Waals surface area contributed by atoms with E-state index in [1.54, 1.807) is 11.3 Å². The van der Waals surface area contributed by atoms with Gasteiger partial charge in [-0.3, -0.25) is 4.79 Å². The van der Waals surface area contributed by atoms with Gasteiger partial charge >= 0.3 is 0 Å². The van der Waals surface area contributed by atoms with Crippen LogP contribution in [0.5, 0.6) is 0 Å². The van der Waals surface area contributed by atoms with Crippen molar-refractivity contribution < 1.29 is 0 Å². The smallest absolute Gasteiger partial charge is 0.259 e. The van der Waals surface area contributed by atoms with Crippen LogP contribution in [-0.4, -0.2) is 16.5 Å². The van der Waals surface area contributed by atoms with E-state index in [0.717, 1.165) is 45.4 Å². The first-order valence-corrected chi connectivity index (χ1v) is 11.8. The predicted molar refractivity (Wildman–Crippen MR) is 118 cm³/mol. The first kappa shape index (κ1) is 17.8. The molecule has 4 aliphatic rings. The third-order valence-corrected chi connectivity index (χ3v) is 8.55. The largest absolute Gasteiger partial charge is 0.309 e. The fraction of sp³-hybridized carbons (Fsp3) is 0.500. The van der Waals surface area contributed by atoms with Crippen LogP contribution in [0.15, 0.2) is 41.2 Å². The van der Waals surface area contributed by atoms with Crippen molar-refractivity contribution in [3.63, 3.8) is 0 Å². The van der Waals surface area contributed by atoms with Gasteiger partial charge < -0.3 is 10.3 Å². The van der Waals surface area contributed by atoms with Crippen LogP contribution < -0.4 is 10.9 Å². The molecule has 1 aromatic carbocycles. The van der Waals surface area contributed by atoms with E-state index >= 15 is 0 Å². The third kappa shape index (κ3) is 3.24. The van der Waals surface area contributed by atoms with Gasteiger partial charge in [-0.15, -0.1) is 11.3 Å². The number of benzene rings is 1. The van der Waals surface area contributed by atoms with Crippen molar-refractivity contribution in [2.24, 2.45) is 23.2 Å². The van der Waals surface area contributed by atoms with Crippen LogP contribution in [0.3, 0.4) is 0 Å². The number of fused-ring (bicyclic) bond motifs is 1. The fourth-order valence-corrected chi connectivity index (χ4v) is 7.81. The van der Waals surface area contributed by atoms with Crippen molar-refractivity contribution in [1.29, 1.82) is 0 Å². The lowest BCUT2D eigenvalue weighted by Crippen LogP contribution is -2.50. The van der Waals surface area contributed by atoms with Gasteiger partial charge in [0.15, 0.2) is 0 Å². The molecule has 2 aromatic heterocycles. The number of H-pyrrole nitrogens is 1. The standard InChI is InChI=1S/C24H27N3OS/c28-22-19-9-20(18-4-2-1-3-5-18)29-23(19)27-21(26-22)13-25-14-24-10-15-6-16(11-24)8-17(7-15)12-24/h1-5,9,15-17,25H,6-8,10-14H2,(H,26,27,28). The summed E-state index contributed by atoms with van der Waals surface area (Å²) in [5.74, 6) is 3.67. The zero-order valence-electron chi connectivity index (χ0n) is 16.6. The van der Waals surface area contributed by atoms with E-state index in [1.807, 2.05) is 24.3 Å². The molecule has 150 valence electrons. The lowest BCUT2D eigenvalue weighted by molar-refractivity contribution is -0.0514. The second-order valence-electron chi connectivity index (χ2n) is 9.73. The number of hydrogen-bond acceptors (Lipinski definition) is 4. The summed E-state index contributed by atoms with van der Waals surface area (Å²) in [6.45, 7) is 1.71. The SMILES string of the molecule is O=c1[nH]c(CNCC23CC4CC(CC(C4)C2)C3)nc2sc(-c3ccccc3)cc12. The van der Waals surface area contributed by atoms with E-state index in [0.29, 0.717) is 17.3 Å². The van der Waals surface area contributed by atoms with Gasteiger partial charge in [-0.1, -0.05) is 30.3 Å². The van der Waals surface area contributed by atoms with Crippen molar-refractivity contribution >= 4 is 21.6 Å². The second-order valence-corrected chi connectivity index (χ2v) is 10.8. The molecule has 2 N–H and O–H groups in total. The molecule has 7 rings (SSSR count). The molecule has 29 heavy (non-hydrogen) atoms. The summed E-state index contributed by atoms with van der Waals surface area (Å²) < 4.78 is 0. The van der Waals surface area contributed by atoms with Gasteiger partial charge in [-0.05, 0) is 73.3 Å². The molecular formula is C24H27N3OS. The zero-order valence-corrected chi connectivity index (χ0v) is 17.4. The van der Waals surface area contributed by atoms with Gasteiger partial charge in [-0.2, -0.15) is 0 Å². The van der Waals surface area contributed by atoms with Gasteiger partial charge in [0.05, 0.1) is 11.9 Å². The quantitative estimate of drug-likeness (QED) is 0.631. The highest BCUT2D eigenvalue weighted by molar-refractivity contribution is 7.21. The Morgan fingerprint density at radius 1 is 1.07 bits per heavy atom. The molecule has 0 atom stereocenters. The average molecular weight is 406 g/mol. The Labute approximate surface area is 174 Å². The summed E-state index contributed by atoms with van der Waals surface area (Å²) in [4.78, 5) is 22.3. The van der Waals surface area contributed by atoms with Crippen molar-refractivity contribution in [3.8, 4) is 10.4 Å². The van der Waals surface area contributed by atoms with E-state index in [9.17, 15) is 4.79 Å². The molecule has 0 radical (unpaired) electrons. The molecule has 0 aliphatic heterocycles. The van der Waals surface area contributed by atoms with Crippen LogP contribution in [0.1, 0.15) is 44.3 Å². The third-order valence-electron chi connectivity index (χ3n) is 7.47. The van der Waals surface area contributed by atoms with E-state index in [-0.39, 0.29) is 5.56 Å². The topological polar surface area (TPSA) is 57.8 Å². The fourth-order valence-electron chi connectivity index (χ4n) is 6.76. The second kappa shape index (κ2) is 6.78. The number of aromatic amines is 1. The van der Waals surface area contributed by atoms with Gasteiger partial charge in [0.25, 0.3) is 5.56 Å². The van der Waals surface area contributed by atoms with Crippen LogP contribution in [0, 0.1) is 23.2 Å². The van der Waals surface area contributed by atoms with E-state index in [4.69, 9.17) is 4.98 Å². The highest BCUT2D eigenvalue weighted by atomic mass is 32.1. The lowest BCUT2D eigenvalue weighted by atomic mass is 9.49. The number of aromatic nitrogens is 2. The Balaban J connectivity index is 1.19. The highest BCUT2D eigenvalue weighted by Gasteiger charge is 2.50. The maximum absolute atomic E-state index is 12.6. The van der Waals surface area contributed by atoms with Gasteiger partial charge in [0.1, 0.15) is 10.7 Å². The molecule has 2 heterocycles. The minimum atomic E-state index is -0.0277. The monoisotopic (exact) mass is 405 g/mol. The molecule has 4 saturated carbocycles. The Morgan fingerprint density at radius 2 is 1.76 bits per heavy atom. The lowest BCUT2D eigenvalue weighted by Gasteiger charge is -2.57. The van der Waals surface area contributed by atoms with Crippen molar-refractivity contribution in [1.82, 2.24) is 15.3 Å². The number of nitrogens with one attached hydrogen (secondary N) is 2. The number of nitrogens with zero attached hydrogens (tertiary/aromatic N) is 1. The molecule has 5 heteroatoms. The molecule has 3 aromatic rings. The van der Waals surface area contributed by atoms with Crippen LogP contribution >= 0.6 is 11.3 Å². The van der Waals surface area contributed by atoms with Crippen LogP contribution in [0.4, 0.5) is 0 Å². The molecular weight excluding hydrogens is 378 g/mol. The normalized spacial score (nSPS) is 30.3. The minimum Gasteiger partial charge on any atom is -0.309 e. The summed E-state index contributed by atoms with van der Waals surface area (Å²) in [5.41, 5.74) is 1.61. The maximum atomic E-state index is 12.6. The van der Waals surface area contributed by atoms with E-state index in [1.165, 1.54) is 38.5 Å². The highest BCUT2D eigenvalue weighted by Crippen LogP contribution is 2.59. The molecule has 0 unspecified atom stereocenters. The summed E-state index contributed by atoms with van der Waals surface area (Å²) >= 11 is 1.60. The zero-order chi connectivity index (χ0) is 19.4. The van der Waals surface area contributed by atoms with Gasteiger partial charge in [-0.25, -0.2) is 4.98 Å². The Kier molecular flexibility index (Phi) is 4.17. The minimum absolute atomic E-state index is 0.0277. The summed E-state index contributed by atoms with van der Waals surface area (Å²) in [5, 5.41) is 4.35. The molecule has 0 amide bonds. The maximum Gasteiger partial charge on any atom is 0.259 e. The van der Waals surface area contributed by atoms with Crippen molar-refractivity contribution in [2.45, 2.75) is 45.1 Å². The van der Waals surface area contributed by atoms with Crippen LogP contribution in [-0.2, 0) is 6.54 Å². The first-order chi connectivity index (χ1) is 14.2. The van der Waals surface area contributed by atoms with Crippen molar-refractivity contribution in [3.05, 3.63) is 52.6 Å².